The van der Waals surface area contributed by atoms with Crippen molar-refractivity contribution in [1.82, 2.24) is 0 Å². The predicted molar refractivity (Wildman–Crippen MR) is 90.2 cm³/mol. The highest BCUT2D eigenvalue weighted by molar-refractivity contribution is 6.34. The van der Waals surface area contributed by atoms with Crippen molar-refractivity contribution >= 4 is 23.5 Å². The van der Waals surface area contributed by atoms with Crippen LogP contribution < -0.4 is 4.74 Å². The van der Waals surface area contributed by atoms with E-state index in [1.807, 2.05) is 43.3 Å². The highest BCUT2D eigenvalue weighted by atomic mass is 35.5. The number of nitrogens with zero attached hydrogens (tertiary/aromatic N) is 1. The van der Waals surface area contributed by atoms with Crippen molar-refractivity contribution in [2.45, 2.75) is 20.3 Å². The minimum absolute atomic E-state index is 0.551. The van der Waals surface area contributed by atoms with E-state index in [1.165, 1.54) is 0 Å². The number of methoxy groups -OCH3 is 1. The van der Waals surface area contributed by atoms with E-state index >= 15 is 0 Å². The molecule has 0 saturated heterocycles. The van der Waals surface area contributed by atoms with Gasteiger partial charge in [-0.2, -0.15) is 0 Å². The Labute approximate surface area is 131 Å². The lowest BCUT2D eigenvalue weighted by atomic mass is 10.1. The molecule has 1 rings (SSSR count). The van der Waals surface area contributed by atoms with Crippen molar-refractivity contribution in [2.75, 3.05) is 20.3 Å². The second-order valence-corrected chi connectivity index (χ2v) is 4.70. The molecule has 0 amide bonds. The Hall–Kier alpha value is -1.58. The Bertz CT molecular complexity index is 504. The average molecular weight is 308 g/mol. The van der Waals surface area contributed by atoms with Crippen molar-refractivity contribution in [3.63, 3.8) is 0 Å². The number of allylic oxidation sites excluding steroid dienone is 2. The van der Waals surface area contributed by atoms with Gasteiger partial charge < -0.3 is 9.47 Å². The van der Waals surface area contributed by atoms with E-state index in [2.05, 4.69) is 11.9 Å². The number of aliphatic imine (C=N–C) groups is 1. The smallest absolute Gasteiger partial charge is 0.118 e. The largest absolute Gasteiger partial charge is 0.497 e. The van der Waals surface area contributed by atoms with Gasteiger partial charge in [-0.05, 0) is 43.7 Å². The lowest BCUT2D eigenvalue weighted by Gasteiger charge is -2.05. The van der Waals surface area contributed by atoms with Crippen molar-refractivity contribution in [1.29, 1.82) is 0 Å². The molecule has 1 aromatic carbocycles. The number of ether oxygens (including phenoxy) is 2. The van der Waals surface area contributed by atoms with Crippen LogP contribution in [0.5, 0.6) is 5.75 Å². The van der Waals surface area contributed by atoms with E-state index in [0.717, 1.165) is 30.0 Å². The summed E-state index contributed by atoms with van der Waals surface area (Å²) in [5.41, 5.74) is 1.67. The summed E-state index contributed by atoms with van der Waals surface area (Å²) in [7, 11) is 1.64. The lowest BCUT2D eigenvalue weighted by Crippen LogP contribution is -1.92. The van der Waals surface area contributed by atoms with E-state index in [-0.39, 0.29) is 0 Å². The van der Waals surface area contributed by atoms with Crippen LogP contribution in [0.2, 0.25) is 0 Å². The van der Waals surface area contributed by atoms with Gasteiger partial charge in [-0.15, -0.1) is 0 Å². The van der Waals surface area contributed by atoms with Crippen molar-refractivity contribution in [2.24, 2.45) is 4.99 Å². The monoisotopic (exact) mass is 307 g/mol. The van der Waals surface area contributed by atoms with Crippen molar-refractivity contribution < 1.29 is 9.47 Å². The molecule has 0 fully saturated rings. The first-order chi connectivity index (χ1) is 10.2. The maximum absolute atomic E-state index is 6.34. The van der Waals surface area contributed by atoms with Crippen LogP contribution in [0.3, 0.4) is 0 Å². The summed E-state index contributed by atoms with van der Waals surface area (Å²) in [6, 6.07) is 7.65. The molecule has 0 radical (unpaired) electrons. The fourth-order valence-corrected chi connectivity index (χ4v) is 1.93. The van der Waals surface area contributed by atoms with Gasteiger partial charge in [0.05, 0.1) is 24.4 Å². The van der Waals surface area contributed by atoms with Gasteiger partial charge in [-0.1, -0.05) is 24.6 Å². The Morgan fingerprint density at radius 1 is 1.29 bits per heavy atom. The molecule has 3 nitrogen and oxygen atoms in total. The first-order valence-electron chi connectivity index (χ1n) is 7.00. The van der Waals surface area contributed by atoms with E-state index < -0.39 is 0 Å². The highest BCUT2D eigenvalue weighted by Crippen LogP contribution is 2.25. The zero-order valence-corrected chi connectivity index (χ0v) is 13.6. The molecule has 21 heavy (non-hydrogen) atoms. The SMILES string of the molecule is C\C=N/C(=C(Cl)\C=C\COCCC)c1ccc(OC)cc1. The molecule has 0 aliphatic rings. The number of benzene rings is 1. The number of hydrogen-bond donors (Lipinski definition) is 0. The van der Waals surface area contributed by atoms with Crippen LogP contribution in [0.25, 0.3) is 5.70 Å². The Morgan fingerprint density at radius 2 is 2.00 bits per heavy atom. The maximum Gasteiger partial charge on any atom is 0.118 e. The fraction of sp³-hybridized carbons (Fsp3) is 0.353. The molecule has 0 aromatic heterocycles. The minimum Gasteiger partial charge on any atom is -0.497 e. The van der Waals surface area contributed by atoms with Crippen molar-refractivity contribution in [3.05, 3.63) is 47.0 Å². The third-order valence-electron chi connectivity index (χ3n) is 2.67. The summed E-state index contributed by atoms with van der Waals surface area (Å²) in [5.74, 6) is 0.804. The van der Waals surface area contributed by atoms with Gasteiger partial charge in [0.25, 0.3) is 0 Å². The summed E-state index contributed by atoms with van der Waals surface area (Å²) in [6.45, 7) is 5.25. The fourth-order valence-electron chi connectivity index (χ4n) is 1.68. The lowest BCUT2D eigenvalue weighted by molar-refractivity contribution is 0.163. The van der Waals surface area contributed by atoms with E-state index in [9.17, 15) is 0 Å². The van der Waals surface area contributed by atoms with Crippen LogP contribution in [0.1, 0.15) is 25.8 Å². The molecule has 0 N–H and O–H groups in total. The normalized spacial score (nSPS) is 13.0. The second kappa shape index (κ2) is 10.2. The summed E-state index contributed by atoms with van der Waals surface area (Å²) < 4.78 is 10.5. The molecule has 0 unspecified atom stereocenters. The summed E-state index contributed by atoms with van der Waals surface area (Å²) in [4.78, 5) is 4.35. The molecule has 0 aliphatic heterocycles. The van der Waals surface area contributed by atoms with Crippen LogP contribution in [0.4, 0.5) is 0 Å². The van der Waals surface area contributed by atoms with Gasteiger partial charge in [-0.3, -0.25) is 4.99 Å². The minimum atomic E-state index is 0.551. The van der Waals surface area contributed by atoms with Crippen LogP contribution in [-0.4, -0.2) is 26.5 Å². The molecule has 4 heteroatoms. The predicted octanol–water partition coefficient (Wildman–Crippen LogP) is 4.68. The van der Waals surface area contributed by atoms with Crippen LogP contribution in [-0.2, 0) is 4.74 Å². The molecule has 0 spiro atoms. The average Bonchev–Trinajstić information content (AvgIpc) is 2.52. The molecule has 1 aromatic rings. The number of hydrogen-bond acceptors (Lipinski definition) is 3. The zero-order valence-electron chi connectivity index (χ0n) is 12.8. The number of rotatable bonds is 8. The van der Waals surface area contributed by atoms with E-state index in [0.29, 0.717) is 11.6 Å². The van der Waals surface area contributed by atoms with Crippen LogP contribution in [0, 0.1) is 0 Å². The molecular formula is C17H22ClNO2. The highest BCUT2D eigenvalue weighted by Gasteiger charge is 2.04. The van der Waals surface area contributed by atoms with Gasteiger partial charge >= 0.3 is 0 Å². The first kappa shape index (κ1) is 17.5. The third kappa shape index (κ3) is 6.15. The topological polar surface area (TPSA) is 30.8 Å². The van der Waals surface area contributed by atoms with E-state index in [1.54, 1.807) is 13.3 Å². The van der Waals surface area contributed by atoms with Crippen LogP contribution >= 0.6 is 11.6 Å². The maximum atomic E-state index is 6.34. The third-order valence-corrected chi connectivity index (χ3v) is 2.98. The standard InChI is InChI=1S/C17H22ClNO2/c1-4-12-21-13-6-7-16(18)17(19-5-2)14-8-10-15(20-3)11-9-14/h5-11H,4,12-13H2,1-3H3/b7-6+,17-16+,19-5-. The first-order valence-corrected chi connectivity index (χ1v) is 7.37. The Morgan fingerprint density at radius 3 is 2.57 bits per heavy atom. The summed E-state index contributed by atoms with van der Waals surface area (Å²) >= 11 is 6.34. The van der Waals surface area contributed by atoms with Gasteiger partial charge in [0, 0.05) is 18.4 Å². The Kier molecular flexibility index (Phi) is 8.48. The van der Waals surface area contributed by atoms with Gasteiger partial charge in [0.1, 0.15) is 5.75 Å². The molecule has 114 valence electrons. The van der Waals surface area contributed by atoms with Crippen molar-refractivity contribution in [3.8, 4) is 5.75 Å². The Balaban J connectivity index is 2.89. The summed E-state index contributed by atoms with van der Waals surface area (Å²) in [5, 5.41) is 0.582. The second-order valence-electron chi connectivity index (χ2n) is 4.29. The number of halogens is 1. The molecule has 0 aliphatic carbocycles. The van der Waals surface area contributed by atoms with E-state index in [4.69, 9.17) is 21.1 Å². The molecule has 0 saturated carbocycles. The van der Waals surface area contributed by atoms with Gasteiger partial charge in [-0.25, -0.2) is 0 Å². The zero-order chi connectivity index (χ0) is 15.5. The molecule has 0 heterocycles. The molecule has 0 atom stereocenters. The molecular weight excluding hydrogens is 286 g/mol. The summed E-state index contributed by atoms with van der Waals surface area (Å²) in [6.07, 6.45) is 6.45. The molecule has 0 bridgehead atoms. The van der Waals surface area contributed by atoms with Gasteiger partial charge in [0.2, 0.25) is 0 Å². The van der Waals surface area contributed by atoms with Gasteiger partial charge in [0.15, 0.2) is 0 Å². The van der Waals surface area contributed by atoms with Crippen LogP contribution in [0.15, 0.2) is 46.4 Å². The quantitative estimate of drug-likeness (QED) is 0.397.